The Kier molecular flexibility index (Phi) is 6.64. The van der Waals surface area contributed by atoms with Crippen LogP contribution in [-0.4, -0.2) is 11.7 Å². The van der Waals surface area contributed by atoms with E-state index in [-0.39, 0.29) is 6.71 Å². The maximum Gasteiger partial charge on any atom is 0.242 e. The minimum absolute atomic E-state index is 0.178. The summed E-state index contributed by atoms with van der Waals surface area (Å²) in [6, 6.07) is 26.8. The lowest BCUT2D eigenvalue weighted by molar-refractivity contribution is 0.542. The predicted octanol–water partition coefficient (Wildman–Crippen LogP) is 6.68. The van der Waals surface area contributed by atoms with Crippen LogP contribution in [0, 0.1) is 48.5 Å². The lowest BCUT2D eigenvalue weighted by Gasteiger charge is -2.24. The van der Waals surface area contributed by atoms with Crippen molar-refractivity contribution in [2.75, 3.05) is 0 Å². The third kappa shape index (κ3) is 4.91. The third-order valence-corrected chi connectivity index (χ3v) is 7.36. The van der Waals surface area contributed by atoms with E-state index in [1.165, 1.54) is 55.3 Å². The number of aromatic nitrogens is 1. The van der Waals surface area contributed by atoms with Crippen LogP contribution in [0.5, 0.6) is 0 Å². The van der Waals surface area contributed by atoms with Crippen molar-refractivity contribution in [2.45, 2.75) is 48.5 Å². The molecule has 0 saturated heterocycles. The number of hydrogen-bond donors (Lipinski definition) is 0. The Hall–Kier alpha value is -3.85. The third-order valence-electron chi connectivity index (χ3n) is 7.36. The van der Waals surface area contributed by atoms with Crippen LogP contribution in [0.3, 0.4) is 0 Å². The zero-order valence-electron chi connectivity index (χ0n) is 22.9. The first-order chi connectivity index (χ1) is 17.7. The minimum atomic E-state index is 0.178. The Morgan fingerprint density at radius 3 is 1.57 bits per heavy atom. The molecular formula is C34H34BNO. The lowest BCUT2D eigenvalue weighted by Crippen LogP contribution is -2.55. The SMILES string of the molecule is Cc1cc(C)c(B(c2ccc(-c3cccc(-c4ncc(C)o4)c3)cc2)c2c(C)cc(C)cc2C)c(C)c1. The van der Waals surface area contributed by atoms with Gasteiger partial charge < -0.3 is 4.42 Å². The van der Waals surface area contributed by atoms with Crippen LogP contribution in [0.2, 0.25) is 0 Å². The van der Waals surface area contributed by atoms with Gasteiger partial charge in [-0.1, -0.05) is 110 Å². The molecule has 0 saturated carbocycles. The molecule has 0 aliphatic heterocycles. The maximum absolute atomic E-state index is 5.76. The van der Waals surface area contributed by atoms with Gasteiger partial charge in [-0.2, -0.15) is 0 Å². The van der Waals surface area contributed by atoms with E-state index in [1.807, 2.05) is 13.0 Å². The number of oxazole rings is 1. The molecule has 1 aromatic heterocycles. The molecule has 0 N–H and O–H groups in total. The summed E-state index contributed by atoms with van der Waals surface area (Å²) in [4.78, 5) is 4.40. The number of aryl methyl sites for hydroxylation is 7. The molecule has 0 fully saturated rings. The summed E-state index contributed by atoms with van der Waals surface area (Å²) in [7, 11) is 0. The molecule has 0 aliphatic carbocycles. The molecule has 5 rings (SSSR count). The Balaban J connectivity index is 1.62. The van der Waals surface area contributed by atoms with Crippen molar-refractivity contribution in [3.05, 3.63) is 118 Å². The van der Waals surface area contributed by atoms with Gasteiger partial charge in [-0.15, -0.1) is 0 Å². The van der Waals surface area contributed by atoms with Crippen LogP contribution in [0.1, 0.15) is 39.1 Å². The quantitative estimate of drug-likeness (QED) is 0.261. The first kappa shape index (κ1) is 24.8. The van der Waals surface area contributed by atoms with E-state index < -0.39 is 0 Å². The Morgan fingerprint density at radius 2 is 1.08 bits per heavy atom. The highest BCUT2D eigenvalue weighted by atomic mass is 16.4. The van der Waals surface area contributed by atoms with E-state index in [1.54, 1.807) is 6.20 Å². The fourth-order valence-corrected chi connectivity index (χ4v) is 5.96. The molecule has 2 nitrogen and oxygen atoms in total. The molecule has 0 radical (unpaired) electrons. The average molecular weight is 483 g/mol. The molecule has 0 aliphatic rings. The van der Waals surface area contributed by atoms with Crippen LogP contribution < -0.4 is 16.4 Å². The highest BCUT2D eigenvalue weighted by molar-refractivity contribution is 6.96. The zero-order valence-corrected chi connectivity index (χ0v) is 22.9. The molecule has 5 aromatic rings. The van der Waals surface area contributed by atoms with Gasteiger partial charge in [0.25, 0.3) is 0 Å². The van der Waals surface area contributed by atoms with E-state index in [9.17, 15) is 0 Å². The van der Waals surface area contributed by atoms with Crippen molar-refractivity contribution in [2.24, 2.45) is 0 Å². The zero-order chi connectivity index (χ0) is 26.3. The molecular weight excluding hydrogens is 449 g/mol. The summed E-state index contributed by atoms with van der Waals surface area (Å²) in [6.07, 6.45) is 1.76. The summed E-state index contributed by atoms with van der Waals surface area (Å²) < 4.78 is 5.76. The molecule has 0 unspecified atom stereocenters. The van der Waals surface area contributed by atoms with Gasteiger partial charge in [-0.05, 0) is 71.7 Å². The summed E-state index contributed by atoms with van der Waals surface area (Å²) in [5.41, 5.74) is 15.5. The van der Waals surface area contributed by atoms with Gasteiger partial charge in [0.05, 0.1) is 6.20 Å². The van der Waals surface area contributed by atoms with Gasteiger partial charge in [0.15, 0.2) is 0 Å². The molecule has 0 spiro atoms. The normalized spacial score (nSPS) is 11.1. The second-order valence-corrected chi connectivity index (χ2v) is 10.5. The van der Waals surface area contributed by atoms with Crippen LogP contribution in [-0.2, 0) is 0 Å². The molecule has 1 heterocycles. The van der Waals surface area contributed by atoms with E-state index in [0.717, 1.165) is 16.9 Å². The van der Waals surface area contributed by atoms with Gasteiger partial charge in [-0.25, -0.2) is 4.98 Å². The molecule has 4 aromatic carbocycles. The fraction of sp³-hybridized carbons (Fsp3) is 0.206. The summed E-state index contributed by atoms with van der Waals surface area (Å²) >= 11 is 0. The standard InChI is InChI=1S/C34H34BNO/c1-21-15-23(3)32(24(4)16-21)35(33-25(5)17-22(2)18-26(33)6)31-13-11-28(12-14-31)29-9-8-10-30(19-29)34-36-20-27(7)37-34/h8-20H,1-7H3. The largest absolute Gasteiger partial charge is 0.441 e. The first-order valence-corrected chi connectivity index (χ1v) is 13.0. The summed E-state index contributed by atoms with van der Waals surface area (Å²) in [6.45, 7) is 15.5. The monoisotopic (exact) mass is 483 g/mol. The van der Waals surface area contributed by atoms with Crippen molar-refractivity contribution in [3.8, 4) is 22.6 Å². The Labute approximate surface area is 221 Å². The molecule has 0 atom stereocenters. The summed E-state index contributed by atoms with van der Waals surface area (Å²) in [5.74, 6) is 1.48. The smallest absolute Gasteiger partial charge is 0.242 e. The molecule has 184 valence electrons. The second-order valence-electron chi connectivity index (χ2n) is 10.5. The van der Waals surface area contributed by atoms with E-state index in [0.29, 0.717) is 5.89 Å². The Morgan fingerprint density at radius 1 is 0.568 bits per heavy atom. The van der Waals surface area contributed by atoms with Crippen LogP contribution >= 0.6 is 0 Å². The first-order valence-electron chi connectivity index (χ1n) is 13.0. The molecule has 0 amide bonds. The van der Waals surface area contributed by atoms with Crippen molar-refractivity contribution < 1.29 is 4.42 Å². The van der Waals surface area contributed by atoms with E-state index in [4.69, 9.17) is 4.42 Å². The molecule has 37 heavy (non-hydrogen) atoms. The topological polar surface area (TPSA) is 26.0 Å². The minimum Gasteiger partial charge on any atom is -0.441 e. The highest BCUT2D eigenvalue weighted by Gasteiger charge is 2.28. The van der Waals surface area contributed by atoms with Gasteiger partial charge in [0.1, 0.15) is 5.76 Å². The molecule has 0 bridgehead atoms. The van der Waals surface area contributed by atoms with E-state index >= 15 is 0 Å². The number of nitrogens with zero attached hydrogens (tertiary/aromatic N) is 1. The number of rotatable bonds is 5. The average Bonchev–Trinajstić information content (AvgIpc) is 3.28. The van der Waals surface area contributed by atoms with E-state index in [2.05, 4.69) is 113 Å². The number of benzene rings is 4. The maximum atomic E-state index is 5.76. The van der Waals surface area contributed by atoms with Gasteiger partial charge in [0, 0.05) is 5.56 Å². The van der Waals surface area contributed by atoms with Crippen LogP contribution in [0.25, 0.3) is 22.6 Å². The predicted molar refractivity (Wildman–Crippen MR) is 158 cm³/mol. The van der Waals surface area contributed by atoms with Crippen LogP contribution in [0.15, 0.2) is 83.4 Å². The van der Waals surface area contributed by atoms with Crippen molar-refractivity contribution >= 4 is 23.1 Å². The highest BCUT2D eigenvalue weighted by Crippen LogP contribution is 2.26. The lowest BCUT2D eigenvalue weighted by atomic mass is 9.34. The van der Waals surface area contributed by atoms with Crippen molar-refractivity contribution in [3.63, 3.8) is 0 Å². The van der Waals surface area contributed by atoms with Crippen molar-refractivity contribution in [1.29, 1.82) is 0 Å². The molecule has 3 heteroatoms. The van der Waals surface area contributed by atoms with Crippen LogP contribution in [0.4, 0.5) is 0 Å². The number of hydrogen-bond acceptors (Lipinski definition) is 2. The van der Waals surface area contributed by atoms with Gasteiger partial charge in [-0.3, -0.25) is 0 Å². The second kappa shape index (κ2) is 9.90. The summed E-state index contributed by atoms with van der Waals surface area (Å²) in [5, 5.41) is 0. The Bertz CT molecular complexity index is 1490. The van der Waals surface area contributed by atoms with Gasteiger partial charge >= 0.3 is 0 Å². The van der Waals surface area contributed by atoms with Crippen molar-refractivity contribution in [1.82, 2.24) is 4.98 Å². The fourth-order valence-electron chi connectivity index (χ4n) is 5.96. The van der Waals surface area contributed by atoms with Gasteiger partial charge in [0.2, 0.25) is 12.6 Å².